The van der Waals surface area contributed by atoms with Crippen molar-refractivity contribution in [2.24, 2.45) is 0 Å². The second-order valence-corrected chi connectivity index (χ2v) is 16.1. The monoisotopic (exact) mass is 534 g/mol. The van der Waals surface area contributed by atoms with Crippen molar-refractivity contribution in [2.75, 3.05) is 13.2 Å². The Bertz CT molecular complexity index is 1150. The molecule has 0 aliphatic rings. The maximum absolute atomic E-state index is 12.1. The van der Waals surface area contributed by atoms with Gasteiger partial charge in [-0.05, 0) is 47.8 Å². The minimum atomic E-state index is -1.85. The van der Waals surface area contributed by atoms with E-state index in [1.807, 2.05) is 42.5 Å². The fourth-order valence-electron chi connectivity index (χ4n) is 4.20. The maximum atomic E-state index is 12.1. The third-order valence-electron chi connectivity index (χ3n) is 7.50. The Morgan fingerprint density at radius 1 is 0.974 bits per heavy atom. The van der Waals surface area contributed by atoms with E-state index in [0.717, 1.165) is 16.7 Å². The average molecular weight is 535 g/mol. The van der Waals surface area contributed by atoms with E-state index in [4.69, 9.17) is 9.16 Å². The summed E-state index contributed by atoms with van der Waals surface area (Å²) >= 11 is 0. The van der Waals surface area contributed by atoms with Gasteiger partial charge in [0.15, 0.2) is 8.32 Å². The molecule has 0 fully saturated rings. The summed E-state index contributed by atoms with van der Waals surface area (Å²) in [6.07, 6.45) is 3.38. The van der Waals surface area contributed by atoms with E-state index in [1.165, 1.54) is 0 Å². The number of carboxylic acids is 1. The number of pyridine rings is 1. The number of benzene rings is 2. The Morgan fingerprint density at radius 2 is 1.61 bits per heavy atom. The van der Waals surface area contributed by atoms with E-state index in [0.29, 0.717) is 25.5 Å². The summed E-state index contributed by atoms with van der Waals surface area (Å²) in [6, 6.07) is 21.8. The van der Waals surface area contributed by atoms with Crippen LogP contribution < -0.4 is 4.74 Å². The molecule has 0 spiro atoms. The molecule has 0 saturated carbocycles. The normalized spacial score (nSPS) is 13.8. The van der Waals surface area contributed by atoms with Gasteiger partial charge >= 0.3 is 5.97 Å². The predicted octanol–water partition coefficient (Wildman–Crippen LogP) is 7.26. The fraction of sp³-hybridized carbons (Fsp3) is 0.419. The average Bonchev–Trinajstić information content (AvgIpc) is 2.89. The number of aromatic nitrogens is 1. The van der Waals surface area contributed by atoms with Gasteiger partial charge in [-0.15, -0.1) is 0 Å². The summed E-state index contributed by atoms with van der Waals surface area (Å²) in [5.41, 5.74) is 3.06. The van der Waals surface area contributed by atoms with Crippen LogP contribution in [0.25, 0.3) is 0 Å². The Hall–Kier alpha value is -3.00. The number of carboxylic acid groups (broad SMARTS) is 1. The van der Waals surface area contributed by atoms with Gasteiger partial charge in [0.2, 0.25) is 0 Å². The van der Waals surface area contributed by atoms with Gasteiger partial charge in [0.1, 0.15) is 12.4 Å². The molecule has 1 aromatic heterocycles. The molecule has 6 nitrogen and oxygen atoms in total. The number of aliphatic carboxylic acids is 1. The van der Waals surface area contributed by atoms with Gasteiger partial charge in [-0.3, -0.25) is 14.7 Å². The minimum absolute atomic E-state index is 0.0247. The Labute approximate surface area is 228 Å². The highest BCUT2D eigenvalue weighted by Crippen LogP contribution is 2.37. The molecule has 1 N–H and O–H groups in total. The van der Waals surface area contributed by atoms with Crippen molar-refractivity contribution in [3.63, 3.8) is 0 Å². The van der Waals surface area contributed by atoms with Gasteiger partial charge in [0.05, 0.1) is 19.2 Å². The molecule has 3 aromatic rings. The Kier molecular flexibility index (Phi) is 10.2. The molecule has 3 rings (SSSR count). The van der Waals surface area contributed by atoms with Crippen LogP contribution >= 0.6 is 0 Å². The molecule has 204 valence electrons. The molecule has 0 aliphatic carbocycles. The lowest BCUT2D eigenvalue weighted by Crippen LogP contribution is -2.41. The quantitative estimate of drug-likeness (QED) is 0.184. The van der Waals surface area contributed by atoms with Gasteiger partial charge in [-0.1, -0.05) is 81.4 Å². The van der Waals surface area contributed by atoms with Crippen LogP contribution in [0.15, 0.2) is 79.1 Å². The lowest BCUT2D eigenvalue weighted by atomic mass is 9.97. The summed E-state index contributed by atoms with van der Waals surface area (Å²) in [7, 11) is -1.85. The second-order valence-electron chi connectivity index (χ2n) is 11.3. The number of rotatable bonds is 13. The molecule has 0 saturated heterocycles. The van der Waals surface area contributed by atoms with Crippen molar-refractivity contribution in [3.8, 4) is 5.75 Å². The number of carbonyl (C=O) groups is 1. The van der Waals surface area contributed by atoms with E-state index in [-0.39, 0.29) is 17.5 Å². The molecule has 0 radical (unpaired) electrons. The van der Waals surface area contributed by atoms with Crippen LogP contribution in [0.5, 0.6) is 5.75 Å². The minimum Gasteiger partial charge on any atom is -0.490 e. The molecule has 1 unspecified atom stereocenters. The number of ether oxygens (including phenoxy) is 1. The number of nitrogens with zero attached hydrogens (tertiary/aromatic N) is 2. The van der Waals surface area contributed by atoms with E-state index in [1.54, 1.807) is 12.4 Å². The molecule has 0 aliphatic heterocycles. The van der Waals surface area contributed by atoms with Crippen molar-refractivity contribution < 1.29 is 19.1 Å². The zero-order valence-corrected chi connectivity index (χ0v) is 24.6. The second kappa shape index (κ2) is 13.2. The van der Waals surface area contributed by atoms with Crippen molar-refractivity contribution in [3.05, 3.63) is 95.8 Å². The highest BCUT2D eigenvalue weighted by molar-refractivity contribution is 6.74. The standard InChI is InChI=1S/C31H42N2O4Si/c1-24(26-15-11-8-12-16-26)33(23-25-13-9-7-10-14-25)29(20-30(34)35)27-19-28(22-32-21-27)36-17-18-37-38(5,6)31(2,3)4/h7-16,19,21-22,24,29H,17-18,20,23H2,1-6H3,(H,34,35)/t24-,29?/m1/s1. The van der Waals surface area contributed by atoms with Crippen molar-refractivity contribution >= 4 is 14.3 Å². The molecule has 0 bridgehead atoms. The third kappa shape index (κ3) is 8.25. The highest BCUT2D eigenvalue weighted by atomic mass is 28.4. The lowest BCUT2D eigenvalue weighted by molar-refractivity contribution is -0.138. The largest absolute Gasteiger partial charge is 0.490 e. The molecular formula is C31H42N2O4Si. The first-order valence-corrected chi connectivity index (χ1v) is 16.2. The molecule has 0 amide bonds. The van der Waals surface area contributed by atoms with Crippen LogP contribution in [-0.4, -0.2) is 42.5 Å². The Balaban J connectivity index is 1.85. The lowest BCUT2D eigenvalue weighted by Gasteiger charge is -2.36. The van der Waals surface area contributed by atoms with Crippen LogP contribution in [0.3, 0.4) is 0 Å². The summed E-state index contributed by atoms with van der Waals surface area (Å²) in [6.45, 7) is 14.7. The first-order valence-electron chi connectivity index (χ1n) is 13.3. The van der Waals surface area contributed by atoms with E-state index in [9.17, 15) is 9.90 Å². The van der Waals surface area contributed by atoms with E-state index in [2.05, 4.69) is 74.9 Å². The first-order chi connectivity index (χ1) is 18.0. The summed E-state index contributed by atoms with van der Waals surface area (Å²) in [4.78, 5) is 18.7. The fourth-order valence-corrected chi connectivity index (χ4v) is 5.22. The highest BCUT2D eigenvalue weighted by Gasteiger charge is 2.37. The zero-order valence-electron chi connectivity index (χ0n) is 23.6. The van der Waals surface area contributed by atoms with Crippen LogP contribution in [0.2, 0.25) is 18.1 Å². The van der Waals surface area contributed by atoms with Crippen LogP contribution in [0.4, 0.5) is 0 Å². The van der Waals surface area contributed by atoms with E-state index < -0.39 is 20.3 Å². The smallest absolute Gasteiger partial charge is 0.305 e. The SMILES string of the molecule is C[C@H](c1ccccc1)N(Cc1ccccc1)C(CC(=O)O)c1cncc(OCCO[Si](C)(C)C(C)(C)C)c1. The van der Waals surface area contributed by atoms with Crippen LogP contribution in [0.1, 0.15) is 62.9 Å². The first kappa shape index (κ1) is 29.6. The van der Waals surface area contributed by atoms with Gasteiger partial charge in [0.25, 0.3) is 0 Å². The summed E-state index contributed by atoms with van der Waals surface area (Å²) in [5.74, 6) is -0.244. The molecule has 1 heterocycles. The number of hydrogen-bond donors (Lipinski definition) is 1. The third-order valence-corrected chi connectivity index (χ3v) is 12.0. The molecule has 2 aromatic carbocycles. The van der Waals surface area contributed by atoms with Crippen LogP contribution in [0, 0.1) is 0 Å². The molecule has 2 atom stereocenters. The summed E-state index contributed by atoms with van der Waals surface area (Å²) < 4.78 is 12.3. The van der Waals surface area contributed by atoms with Gasteiger partial charge < -0.3 is 14.3 Å². The van der Waals surface area contributed by atoms with Gasteiger partial charge in [0, 0.05) is 24.8 Å². The molecule has 38 heavy (non-hydrogen) atoms. The maximum Gasteiger partial charge on any atom is 0.305 e. The van der Waals surface area contributed by atoms with Crippen LogP contribution in [-0.2, 0) is 15.8 Å². The Morgan fingerprint density at radius 3 is 2.21 bits per heavy atom. The van der Waals surface area contributed by atoms with Crippen molar-refractivity contribution in [1.82, 2.24) is 9.88 Å². The zero-order chi connectivity index (χ0) is 27.8. The predicted molar refractivity (Wildman–Crippen MR) is 155 cm³/mol. The van der Waals surface area contributed by atoms with Crippen molar-refractivity contribution in [1.29, 1.82) is 0 Å². The topological polar surface area (TPSA) is 71.9 Å². The molecule has 7 heteroatoms. The number of hydrogen-bond acceptors (Lipinski definition) is 5. The van der Waals surface area contributed by atoms with Gasteiger partial charge in [-0.25, -0.2) is 0 Å². The van der Waals surface area contributed by atoms with Gasteiger partial charge in [-0.2, -0.15) is 0 Å². The molecular weight excluding hydrogens is 492 g/mol. The summed E-state index contributed by atoms with van der Waals surface area (Å²) in [5, 5.41) is 10.0. The van der Waals surface area contributed by atoms with E-state index >= 15 is 0 Å². The van der Waals surface area contributed by atoms with Crippen molar-refractivity contribution in [2.45, 2.75) is 70.9 Å².